The van der Waals surface area contributed by atoms with Crippen molar-refractivity contribution in [3.63, 3.8) is 0 Å². The highest BCUT2D eigenvalue weighted by Gasteiger charge is 2.11. The molecule has 2 aromatic rings. The molecule has 0 aliphatic rings. The molecule has 108 valence electrons. The molecule has 0 bridgehead atoms. The molecule has 0 saturated carbocycles. The number of anilines is 1. The van der Waals surface area contributed by atoms with Crippen LogP contribution in [-0.2, 0) is 0 Å². The first-order valence-electron chi connectivity index (χ1n) is 6.57. The second-order valence-corrected chi connectivity index (χ2v) is 5.69. The first kappa shape index (κ1) is 15.1. The van der Waals surface area contributed by atoms with Crippen LogP contribution in [0.3, 0.4) is 0 Å². The van der Waals surface area contributed by atoms with E-state index in [-0.39, 0.29) is 18.5 Å². The number of pyridine rings is 1. The first-order chi connectivity index (χ1) is 9.63. The minimum absolute atomic E-state index is 0.134. The molecule has 0 radical (unpaired) electrons. The molecule has 3 nitrogen and oxygen atoms in total. The van der Waals surface area contributed by atoms with Crippen molar-refractivity contribution in [2.24, 2.45) is 0 Å². The molecular formula is C15H19FN2OS. The van der Waals surface area contributed by atoms with Crippen molar-refractivity contribution in [3.8, 4) is 0 Å². The van der Waals surface area contributed by atoms with Crippen LogP contribution in [-0.4, -0.2) is 34.7 Å². The average molecular weight is 294 g/mol. The number of thioether (sulfide) groups is 1. The van der Waals surface area contributed by atoms with Gasteiger partial charge in [-0.2, -0.15) is 11.8 Å². The Morgan fingerprint density at radius 3 is 2.90 bits per heavy atom. The number of hydrogen-bond donors (Lipinski definition) is 2. The Labute approximate surface area is 122 Å². The molecule has 1 heterocycles. The van der Waals surface area contributed by atoms with Gasteiger partial charge in [-0.1, -0.05) is 0 Å². The fourth-order valence-corrected chi connectivity index (χ4v) is 2.88. The molecule has 1 atom stereocenters. The molecule has 0 aliphatic carbocycles. The molecule has 0 saturated heterocycles. The Kier molecular flexibility index (Phi) is 5.20. The average Bonchev–Trinajstić information content (AvgIpc) is 2.40. The number of rotatable bonds is 6. The molecule has 0 fully saturated rings. The maximum Gasteiger partial charge on any atom is 0.124 e. The van der Waals surface area contributed by atoms with Crippen LogP contribution in [0.1, 0.15) is 12.1 Å². The van der Waals surface area contributed by atoms with Crippen LogP contribution < -0.4 is 5.32 Å². The summed E-state index contributed by atoms with van der Waals surface area (Å²) in [5.74, 6) is 0.619. The lowest BCUT2D eigenvalue weighted by molar-refractivity contribution is 0.282. The summed E-state index contributed by atoms with van der Waals surface area (Å²) < 4.78 is 13.5. The summed E-state index contributed by atoms with van der Waals surface area (Å²) in [4.78, 5) is 4.42. The molecule has 0 amide bonds. The summed E-state index contributed by atoms with van der Waals surface area (Å²) >= 11 is 1.72. The molecule has 1 unspecified atom stereocenters. The van der Waals surface area contributed by atoms with Gasteiger partial charge < -0.3 is 10.4 Å². The van der Waals surface area contributed by atoms with Gasteiger partial charge >= 0.3 is 0 Å². The number of nitrogens with zero attached hydrogens (tertiary/aromatic N) is 1. The number of benzene rings is 1. The van der Waals surface area contributed by atoms with Crippen molar-refractivity contribution >= 4 is 28.4 Å². The lowest BCUT2D eigenvalue weighted by Crippen LogP contribution is -2.23. The van der Waals surface area contributed by atoms with Crippen molar-refractivity contribution in [1.82, 2.24) is 4.98 Å². The van der Waals surface area contributed by atoms with Crippen LogP contribution >= 0.6 is 11.8 Å². The number of hydrogen-bond acceptors (Lipinski definition) is 4. The Bertz CT molecular complexity index is 585. The zero-order chi connectivity index (χ0) is 14.5. The molecule has 5 heteroatoms. The molecule has 1 aromatic heterocycles. The van der Waals surface area contributed by atoms with Gasteiger partial charge in [-0.15, -0.1) is 0 Å². The largest absolute Gasteiger partial charge is 0.396 e. The molecular weight excluding hydrogens is 275 g/mol. The minimum atomic E-state index is -0.269. The van der Waals surface area contributed by atoms with Crippen LogP contribution in [0.4, 0.5) is 10.1 Å². The van der Waals surface area contributed by atoms with Gasteiger partial charge in [0.2, 0.25) is 0 Å². The van der Waals surface area contributed by atoms with E-state index in [4.69, 9.17) is 5.11 Å². The lowest BCUT2D eigenvalue weighted by atomic mass is 10.1. The lowest BCUT2D eigenvalue weighted by Gasteiger charge is -2.19. The summed E-state index contributed by atoms with van der Waals surface area (Å²) in [6, 6.07) is 6.69. The Hall–Kier alpha value is -1.33. The third kappa shape index (κ3) is 3.61. The standard InChI is InChI=1S/C15H19FN2OS/c1-10-7-15(18-12(5-6-19)9-20-2)13-8-11(16)3-4-14(13)17-10/h3-4,7-8,12,19H,5-6,9H2,1-2H3,(H,17,18). The summed E-state index contributed by atoms with van der Waals surface area (Å²) in [5.41, 5.74) is 2.54. The van der Waals surface area contributed by atoms with Crippen molar-refractivity contribution in [1.29, 1.82) is 0 Å². The van der Waals surface area contributed by atoms with E-state index in [1.807, 2.05) is 19.2 Å². The number of nitrogens with one attached hydrogen (secondary N) is 1. The summed E-state index contributed by atoms with van der Waals surface area (Å²) in [6.07, 6.45) is 2.70. The number of fused-ring (bicyclic) bond motifs is 1. The number of aryl methyl sites for hydroxylation is 1. The van der Waals surface area contributed by atoms with Crippen LogP contribution in [0.25, 0.3) is 10.9 Å². The maximum absolute atomic E-state index is 13.5. The molecule has 0 spiro atoms. The van der Waals surface area contributed by atoms with E-state index in [0.717, 1.165) is 28.0 Å². The second-order valence-electron chi connectivity index (χ2n) is 4.78. The SMILES string of the molecule is CSCC(CCO)Nc1cc(C)nc2ccc(F)cc12. The summed E-state index contributed by atoms with van der Waals surface area (Å²) in [6.45, 7) is 2.05. The number of aromatic nitrogens is 1. The smallest absolute Gasteiger partial charge is 0.124 e. The number of halogens is 1. The first-order valence-corrected chi connectivity index (χ1v) is 7.96. The van der Waals surface area contributed by atoms with Crippen molar-refractivity contribution < 1.29 is 9.50 Å². The van der Waals surface area contributed by atoms with Gasteiger partial charge in [0.25, 0.3) is 0 Å². The fraction of sp³-hybridized carbons (Fsp3) is 0.400. The van der Waals surface area contributed by atoms with Crippen LogP contribution in [0, 0.1) is 12.7 Å². The van der Waals surface area contributed by atoms with Gasteiger partial charge in [0.15, 0.2) is 0 Å². The molecule has 0 aliphatic heterocycles. The second kappa shape index (κ2) is 6.90. The Morgan fingerprint density at radius 1 is 1.40 bits per heavy atom. The quantitative estimate of drug-likeness (QED) is 0.859. The van der Waals surface area contributed by atoms with E-state index in [9.17, 15) is 4.39 Å². The molecule has 2 rings (SSSR count). The van der Waals surface area contributed by atoms with Gasteiger partial charge in [-0.05, 0) is 43.9 Å². The van der Waals surface area contributed by atoms with E-state index in [0.29, 0.717) is 6.42 Å². The van der Waals surface area contributed by atoms with Gasteiger partial charge in [0.1, 0.15) is 5.82 Å². The van der Waals surface area contributed by atoms with E-state index in [1.54, 1.807) is 17.8 Å². The predicted molar refractivity (Wildman–Crippen MR) is 83.9 cm³/mol. The fourth-order valence-electron chi connectivity index (χ4n) is 2.22. The topological polar surface area (TPSA) is 45.1 Å². The van der Waals surface area contributed by atoms with E-state index >= 15 is 0 Å². The van der Waals surface area contributed by atoms with Gasteiger partial charge in [0.05, 0.1) is 5.52 Å². The van der Waals surface area contributed by atoms with E-state index in [1.165, 1.54) is 12.1 Å². The molecule has 2 N–H and O–H groups in total. The highest BCUT2D eigenvalue weighted by Crippen LogP contribution is 2.25. The van der Waals surface area contributed by atoms with Crippen LogP contribution in [0.2, 0.25) is 0 Å². The van der Waals surface area contributed by atoms with Crippen molar-refractivity contribution in [2.75, 3.05) is 23.9 Å². The molecule has 20 heavy (non-hydrogen) atoms. The predicted octanol–water partition coefficient (Wildman–Crippen LogP) is 3.21. The van der Waals surface area contributed by atoms with Crippen LogP contribution in [0.5, 0.6) is 0 Å². The van der Waals surface area contributed by atoms with Gasteiger partial charge in [-0.3, -0.25) is 4.98 Å². The normalized spacial score (nSPS) is 12.6. The highest BCUT2D eigenvalue weighted by atomic mass is 32.2. The summed E-state index contributed by atoms with van der Waals surface area (Å²) in [7, 11) is 0. The third-order valence-corrected chi connectivity index (χ3v) is 3.84. The van der Waals surface area contributed by atoms with Crippen LogP contribution in [0.15, 0.2) is 24.3 Å². The van der Waals surface area contributed by atoms with E-state index in [2.05, 4.69) is 10.3 Å². The van der Waals surface area contributed by atoms with Crippen molar-refractivity contribution in [3.05, 3.63) is 35.8 Å². The Balaban J connectivity index is 2.38. The summed E-state index contributed by atoms with van der Waals surface area (Å²) in [5, 5.41) is 13.3. The number of aliphatic hydroxyl groups is 1. The third-order valence-electron chi connectivity index (χ3n) is 3.10. The zero-order valence-electron chi connectivity index (χ0n) is 11.7. The van der Waals surface area contributed by atoms with Gasteiger partial charge in [0, 0.05) is 35.2 Å². The maximum atomic E-state index is 13.5. The minimum Gasteiger partial charge on any atom is -0.396 e. The van der Waals surface area contributed by atoms with Crippen molar-refractivity contribution in [2.45, 2.75) is 19.4 Å². The zero-order valence-corrected chi connectivity index (χ0v) is 12.5. The Morgan fingerprint density at radius 2 is 2.20 bits per heavy atom. The number of aliphatic hydroxyl groups excluding tert-OH is 1. The van der Waals surface area contributed by atoms with E-state index < -0.39 is 0 Å². The highest BCUT2D eigenvalue weighted by molar-refractivity contribution is 7.98. The molecule has 1 aromatic carbocycles. The monoisotopic (exact) mass is 294 g/mol. The van der Waals surface area contributed by atoms with Gasteiger partial charge in [-0.25, -0.2) is 4.39 Å².